The van der Waals surface area contributed by atoms with E-state index in [0.717, 1.165) is 82.0 Å². The van der Waals surface area contributed by atoms with Gasteiger partial charge in [0.1, 0.15) is 5.82 Å². The molecule has 4 aliphatic heterocycles. The second kappa shape index (κ2) is 12.1. The minimum absolute atomic E-state index is 0.0334. The van der Waals surface area contributed by atoms with Crippen LogP contribution in [0.2, 0.25) is 0 Å². The van der Waals surface area contributed by atoms with E-state index in [1.54, 1.807) is 24.3 Å². The summed E-state index contributed by atoms with van der Waals surface area (Å²) < 4.78 is 6.06. The number of morpholine rings is 1. The summed E-state index contributed by atoms with van der Waals surface area (Å²) in [6.45, 7) is 4.77. The zero-order valence-corrected chi connectivity index (χ0v) is 25.4. The molecule has 7 rings (SSSR count). The van der Waals surface area contributed by atoms with Crippen molar-refractivity contribution < 1.29 is 14.3 Å². The lowest BCUT2D eigenvalue weighted by Crippen LogP contribution is -2.44. The van der Waals surface area contributed by atoms with E-state index in [9.17, 15) is 9.59 Å². The standard InChI is InChI=1S/C33H40N8O3/c1-39(2)25-13-15-40(16-14-25)32(42)22-5-9-24(10-6-22)36-33(43)35-23-7-3-21(4-8-23)30-37-29-18-34-17-28(29)31(38-30)41-19-26-11-12-27(20-41)44-26/h3-10,25-27,34H,11-20H2,1-2H3,(H2,35,36,43). The van der Waals surface area contributed by atoms with Crippen molar-refractivity contribution in [3.8, 4) is 11.4 Å². The van der Waals surface area contributed by atoms with Gasteiger partial charge in [-0.1, -0.05) is 0 Å². The van der Waals surface area contributed by atoms with Crippen LogP contribution in [0.1, 0.15) is 47.3 Å². The van der Waals surface area contributed by atoms with Crippen molar-refractivity contribution in [2.45, 2.75) is 57.0 Å². The van der Waals surface area contributed by atoms with Gasteiger partial charge in [0.25, 0.3) is 5.91 Å². The van der Waals surface area contributed by atoms with Gasteiger partial charge in [0.15, 0.2) is 5.82 Å². The number of likely N-dealkylation sites (tertiary alicyclic amines) is 1. The fraction of sp³-hybridized carbons (Fsp3) is 0.455. The van der Waals surface area contributed by atoms with Crippen molar-refractivity contribution in [1.29, 1.82) is 0 Å². The van der Waals surface area contributed by atoms with Crippen LogP contribution in [0.25, 0.3) is 11.4 Å². The monoisotopic (exact) mass is 596 g/mol. The molecule has 3 saturated heterocycles. The maximum absolute atomic E-state index is 13.0. The number of fused-ring (bicyclic) bond motifs is 3. The Kier molecular flexibility index (Phi) is 7.92. The first-order chi connectivity index (χ1) is 21.4. The van der Waals surface area contributed by atoms with Gasteiger partial charge in [-0.15, -0.1) is 0 Å². The molecule has 4 aliphatic rings. The molecule has 0 aliphatic carbocycles. The fourth-order valence-electron chi connectivity index (χ4n) is 6.79. The summed E-state index contributed by atoms with van der Waals surface area (Å²) in [5.74, 6) is 1.73. The predicted octanol–water partition coefficient (Wildman–Crippen LogP) is 3.92. The number of nitrogens with one attached hydrogen (secondary N) is 3. The van der Waals surface area contributed by atoms with Gasteiger partial charge in [0.2, 0.25) is 0 Å². The number of anilines is 3. The highest BCUT2D eigenvalue weighted by atomic mass is 16.5. The summed E-state index contributed by atoms with van der Waals surface area (Å²) in [5.41, 5.74) is 5.04. The second-order valence-electron chi connectivity index (χ2n) is 12.5. The third-order valence-corrected chi connectivity index (χ3v) is 9.28. The van der Waals surface area contributed by atoms with E-state index in [0.29, 0.717) is 28.8 Å². The third-order valence-electron chi connectivity index (χ3n) is 9.28. The normalized spacial score (nSPS) is 21.4. The molecule has 11 nitrogen and oxygen atoms in total. The number of hydrogen-bond donors (Lipinski definition) is 3. The Morgan fingerprint density at radius 2 is 1.50 bits per heavy atom. The van der Waals surface area contributed by atoms with Crippen LogP contribution in [0.4, 0.5) is 22.0 Å². The highest BCUT2D eigenvalue weighted by molar-refractivity contribution is 6.00. The van der Waals surface area contributed by atoms with E-state index >= 15 is 0 Å². The lowest BCUT2D eigenvalue weighted by atomic mass is 10.0. The Balaban J connectivity index is 0.969. The lowest BCUT2D eigenvalue weighted by Gasteiger charge is -2.35. The van der Waals surface area contributed by atoms with Gasteiger partial charge in [0, 0.05) is 73.4 Å². The molecule has 3 aromatic rings. The van der Waals surface area contributed by atoms with Crippen molar-refractivity contribution >= 4 is 29.1 Å². The number of ether oxygens (including phenoxy) is 1. The van der Waals surface area contributed by atoms with Crippen LogP contribution in [-0.4, -0.2) is 90.2 Å². The molecule has 3 fully saturated rings. The number of aromatic nitrogens is 2. The number of piperidine rings is 1. The van der Waals surface area contributed by atoms with Crippen LogP contribution in [0, 0.1) is 0 Å². The molecular formula is C33H40N8O3. The summed E-state index contributed by atoms with van der Waals surface area (Å²) in [4.78, 5) is 42.1. The smallest absolute Gasteiger partial charge is 0.323 e. The van der Waals surface area contributed by atoms with Gasteiger partial charge in [-0.05, 0) is 88.3 Å². The van der Waals surface area contributed by atoms with E-state index in [-0.39, 0.29) is 24.1 Å². The van der Waals surface area contributed by atoms with E-state index < -0.39 is 0 Å². The predicted molar refractivity (Wildman–Crippen MR) is 170 cm³/mol. The van der Waals surface area contributed by atoms with Gasteiger partial charge in [-0.25, -0.2) is 14.8 Å². The van der Waals surface area contributed by atoms with Crippen molar-refractivity contribution in [1.82, 2.24) is 25.1 Å². The molecule has 0 saturated carbocycles. The van der Waals surface area contributed by atoms with E-state index in [4.69, 9.17) is 14.7 Å². The minimum atomic E-state index is -0.355. The number of amides is 3. The Bertz CT molecular complexity index is 1510. The highest BCUT2D eigenvalue weighted by Gasteiger charge is 2.36. The van der Waals surface area contributed by atoms with Crippen molar-refractivity contribution in [2.24, 2.45) is 0 Å². The van der Waals surface area contributed by atoms with Crippen molar-refractivity contribution in [3.05, 3.63) is 65.4 Å². The summed E-state index contributed by atoms with van der Waals surface area (Å²) >= 11 is 0. The molecule has 1 aromatic heterocycles. The number of rotatable bonds is 6. The SMILES string of the molecule is CN(C)C1CCN(C(=O)c2ccc(NC(=O)Nc3ccc(-c4nc5c(c(N6CC7CCC(C6)O7)n4)CNC5)cc3)cc2)CC1. The zero-order valence-electron chi connectivity index (χ0n) is 25.4. The first kappa shape index (κ1) is 28.7. The van der Waals surface area contributed by atoms with Crippen molar-refractivity contribution in [3.63, 3.8) is 0 Å². The summed E-state index contributed by atoms with van der Waals surface area (Å²) in [6, 6.07) is 14.8. The highest BCUT2D eigenvalue weighted by Crippen LogP contribution is 2.34. The summed E-state index contributed by atoms with van der Waals surface area (Å²) in [5, 5.41) is 9.18. The Labute approximate surface area is 258 Å². The number of hydrogen-bond acceptors (Lipinski definition) is 8. The van der Waals surface area contributed by atoms with Gasteiger partial charge in [0.05, 0.1) is 17.9 Å². The molecule has 2 bridgehead atoms. The van der Waals surface area contributed by atoms with Gasteiger partial charge >= 0.3 is 6.03 Å². The maximum Gasteiger partial charge on any atom is 0.323 e. The molecule has 0 spiro atoms. The second-order valence-corrected chi connectivity index (χ2v) is 12.5. The lowest BCUT2D eigenvalue weighted by molar-refractivity contribution is 0.0301. The number of urea groups is 1. The van der Waals surface area contributed by atoms with Crippen LogP contribution in [0.3, 0.4) is 0 Å². The number of benzene rings is 2. The number of carbonyl (C=O) groups excluding carboxylic acids is 2. The fourth-order valence-corrected chi connectivity index (χ4v) is 6.79. The first-order valence-corrected chi connectivity index (χ1v) is 15.6. The van der Waals surface area contributed by atoms with E-state index in [1.807, 2.05) is 29.2 Å². The largest absolute Gasteiger partial charge is 0.371 e. The van der Waals surface area contributed by atoms with Gasteiger partial charge < -0.3 is 35.4 Å². The molecular weight excluding hydrogens is 556 g/mol. The Hall–Kier alpha value is -4.06. The van der Waals surface area contributed by atoms with Crippen LogP contribution >= 0.6 is 0 Å². The van der Waals surface area contributed by atoms with E-state index in [2.05, 4.69) is 39.8 Å². The first-order valence-electron chi connectivity index (χ1n) is 15.6. The van der Waals surface area contributed by atoms with Crippen LogP contribution in [0.15, 0.2) is 48.5 Å². The number of nitrogens with zero attached hydrogens (tertiary/aromatic N) is 5. The molecule has 11 heteroatoms. The Morgan fingerprint density at radius 1 is 0.864 bits per heavy atom. The minimum Gasteiger partial charge on any atom is -0.371 e. The summed E-state index contributed by atoms with van der Waals surface area (Å²) in [7, 11) is 4.18. The van der Waals surface area contributed by atoms with Gasteiger partial charge in [-0.2, -0.15) is 0 Å². The zero-order chi connectivity index (χ0) is 30.2. The molecule has 230 valence electrons. The average molecular weight is 597 g/mol. The number of carbonyl (C=O) groups is 2. The molecule has 2 aromatic carbocycles. The summed E-state index contributed by atoms with van der Waals surface area (Å²) in [6.07, 6.45) is 4.75. The molecule has 0 radical (unpaired) electrons. The van der Waals surface area contributed by atoms with Crippen LogP contribution in [0.5, 0.6) is 0 Å². The molecule has 2 atom stereocenters. The van der Waals surface area contributed by atoms with Crippen LogP contribution < -0.4 is 20.9 Å². The van der Waals surface area contributed by atoms with Crippen molar-refractivity contribution in [2.75, 3.05) is 55.8 Å². The molecule has 3 N–H and O–H groups in total. The molecule has 2 unspecified atom stereocenters. The van der Waals surface area contributed by atoms with Crippen LogP contribution in [-0.2, 0) is 17.8 Å². The molecule has 3 amide bonds. The average Bonchev–Trinajstić information content (AvgIpc) is 3.66. The Morgan fingerprint density at radius 3 is 2.14 bits per heavy atom. The third kappa shape index (κ3) is 5.99. The maximum atomic E-state index is 13.0. The van der Waals surface area contributed by atoms with E-state index in [1.165, 1.54) is 5.56 Å². The van der Waals surface area contributed by atoms with Gasteiger partial charge in [-0.3, -0.25) is 4.79 Å². The molecule has 5 heterocycles. The topological polar surface area (TPSA) is 115 Å². The quantitative estimate of drug-likeness (QED) is 0.392. The molecule has 44 heavy (non-hydrogen) atoms.